The zero-order chi connectivity index (χ0) is 20.3. The van der Waals surface area contributed by atoms with Gasteiger partial charge in [-0.25, -0.2) is 15.0 Å². The lowest BCUT2D eigenvalue weighted by atomic mass is 10.0. The summed E-state index contributed by atoms with van der Waals surface area (Å²) in [4.78, 5) is 18.0. The van der Waals surface area contributed by atoms with Gasteiger partial charge < -0.3 is 10.1 Å². The Bertz CT molecular complexity index is 1030. The Labute approximate surface area is 182 Å². The van der Waals surface area contributed by atoms with E-state index in [2.05, 4.69) is 22.1 Å². The van der Waals surface area contributed by atoms with Crippen molar-refractivity contribution >= 4 is 37.6 Å². The largest absolute Gasteiger partial charge is 0.379 e. The molecule has 2 aliphatic rings. The highest BCUT2D eigenvalue weighted by atomic mass is 32.1. The van der Waals surface area contributed by atoms with Gasteiger partial charge in [0.25, 0.3) is 0 Å². The number of thiophene rings is 1. The Morgan fingerprint density at radius 3 is 2.87 bits per heavy atom. The highest BCUT2D eigenvalue weighted by Crippen LogP contribution is 2.41. The van der Waals surface area contributed by atoms with Crippen LogP contribution in [-0.2, 0) is 24.0 Å². The molecule has 0 aromatic carbocycles. The van der Waals surface area contributed by atoms with Crippen LogP contribution in [-0.4, -0.2) is 59.2 Å². The number of aromatic nitrogens is 3. The van der Waals surface area contributed by atoms with Crippen LogP contribution in [0.25, 0.3) is 20.4 Å². The third-order valence-corrected chi connectivity index (χ3v) is 7.45. The zero-order valence-corrected chi connectivity index (χ0v) is 18.7. The summed E-state index contributed by atoms with van der Waals surface area (Å²) in [5.74, 6) is 0.965. The summed E-state index contributed by atoms with van der Waals surface area (Å²) in [6.45, 7) is 8.09. The lowest BCUT2D eigenvalue weighted by Gasteiger charge is -2.26. The van der Waals surface area contributed by atoms with Crippen molar-refractivity contribution in [2.75, 3.05) is 44.7 Å². The Balaban J connectivity index is 1.39. The van der Waals surface area contributed by atoms with Crippen molar-refractivity contribution in [2.24, 2.45) is 0 Å². The van der Waals surface area contributed by atoms with Gasteiger partial charge in [-0.1, -0.05) is 13.3 Å². The third kappa shape index (κ3) is 3.90. The van der Waals surface area contributed by atoms with E-state index in [1.807, 2.05) is 0 Å². The lowest BCUT2D eigenvalue weighted by molar-refractivity contribution is 0.0378. The number of nitrogens with zero attached hydrogens (tertiary/aromatic N) is 4. The van der Waals surface area contributed by atoms with Crippen molar-refractivity contribution < 1.29 is 4.74 Å². The number of hydrogen-bond donors (Lipinski definition) is 1. The van der Waals surface area contributed by atoms with Crippen LogP contribution in [0.4, 0.5) is 5.82 Å². The first-order valence-electron chi connectivity index (χ1n) is 11.5. The Morgan fingerprint density at radius 2 is 2.00 bits per heavy atom. The number of anilines is 1. The van der Waals surface area contributed by atoms with Gasteiger partial charge in [-0.3, -0.25) is 4.90 Å². The van der Waals surface area contributed by atoms with Crippen LogP contribution >= 0.6 is 11.3 Å². The number of ether oxygens (including phenoxy) is 1. The number of unbranched alkanes of at least 4 members (excludes halogenated alkanes) is 1. The van der Waals surface area contributed by atoms with Crippen LogP contribution in [0.2, 0.25) is 0 Å². The molecule has 1 saturated heterocycles. The number of rotatable bonds is 8. The highest BCUT2D eigenvalue weighted by Gasteiger charge is 2.24. The molecule has 0 bridgehead atoms. The number of nitrogens with one attached hydrogen (secondary N) is 1. The van der Waals surface area contributed by atoms with Crippen LogP contribution < -0.4 is 5.32 Å². The molecule has 1 aliphatic heterocycles. The summed E-state index contributed by atoms with van der Waals surface area (Å²) in [6, 6.07) is 0. The van der Waals surface area contributed by atoms with Crippen molar-refractivity contribution in [3.8, 4) is 0 Å². The molecule has 3 aromatic rings. The maximum Gasteiger partial charge on any atom is 0.147 e. The topological polar surface area (TPSA) is 63.2 Å². The van der Waals surface area contributed by atoms with Gasteiger partial charge in [0, 0.05) is 30.7 Å². The first-order chi connectivity index (χ1) is 14.8. The number of morpholine rings is 1. The molecule has 0 spiro atoms. The molecule has 1 aliphatic carbocycles. The predicted octanol–water partition coefficient (Wildman–Crippen LogP) is 4.21. The fraction of sp³-hybridized carbons (Fsp3) is 0.609. The summed E-state index contributed by atoms with van der Waals surface area (Å²) in [5.41, 5.74) is 5.44. The van der Waals surface area contributed by atoms with Gasteiger partial charge in [0.1, 0.15) is 17.0 Å². The van der Waals surface area contributed by atoms with Gasteiger partial charge >= 0.3 is 0 Å². The van der Waals surface area contributed by atoms with Gasteiger partial charge in [0.2, 0.25) is 0 Å². The van der Waals surface area contributed by atoms with Crippen molar-refractivity contribution in [1.82, 2.24) is 19.9 Å². The SMILES string of the molecule is CCCCc1nc2sc3c(NCCCN4CCOCC4)ncnc3c2c2c1CCC2. The van der Waals surface area contributed by atoms with E-state index in [9.17, 15) is 0 Å². The van der Waals surface area contributed by atoms with Gasteiger partial charge in [-0.05, 0) is 56.2 Å². The van der Waals surface area contributed by atoms with E-state index in [0.29, 0.717) is 0 Å². The number of pyridine rings is 1. The van der Waals surface area contributed by atoms with Crippen LogP contribution in [0.5, 0.6) is 0 Å². The van der Waals surface area contributed by atoms with Crippen molar-refractivity contribution in [1.29, 1.82) is 0 Å². The molecule has 0 amide bonds. The molecule has 7 heteroatoms. The smallest absolute Gasteiger partial charge is 0.147 e. The first kappa shape index (κ1) is 20.1. The maximum atomic E-state index is 5.44. The monoisotopic (exact) mass is 425 g/mol. The van der Waals surface area contributed by atoms with E-state index in [4.69, 9.17) is 14.7 Å². The average Bonchev–Trinajstić information content (AvgIpc) is 3.40. The molecule has 1 fully saturated rings. The Hall–Kier alpha value is -1.83. The summed E-state index contributed by atoms with van der Waals surface area (Å²) in [5, 5.41) is 4.87. The lowest BCUT2D eigenvalue weighted by Crippen LogP contribution is -2.37. The number of hydrogen-bond acceptors (Lipinski definition) is 7. The molecule has 1 N–H and O–H groups in total. The van der Waals surface area contributed by atoms with Gasteiger partial charge in [-0.2, -0.15) is 0 Å². The maximum absolute atomic E-state index is 5.44. The standard InChI is InChI=1S/C23H31N5OS/c1-2-3-8-18-16-6-4-7-17(16)19-20-21(30-23(19)27-18)22(26-15-25-20)24-9-5-10-28-11-13-29-14-12-28/h15H,2-14H2,1H3,(H,24,25,26). The van der Waals surface area contributed by atoms with E-state index in [1.165, 1.54) is 47.9 Å². The fourth-order valence-electron chi connectivity index (χ4n) is 4.79. The van der Waals surface area contributed by atoms with Gasteiger partial charge in [0.05, 0.1) is 23.4 Å². The van der Waals surface area contributed by atoms with Crippen LogP contribution in [0.1, 0.15) is 49.4 Å². The van der Waals surface area contributed by atoms with Crippen molar-refractivity contribution in [3.63, 3.8) is 0 Å². The summed E-state index contributed by atoms with van der Waals surface area (Å²) in [6.07, 6.45) is 9.91. The van der Waals surface area contributed by atoms with E-state index < -0.39 is 0 Å². The molecule has 4 heterocycles. The molecule has 3 aromatic heterocycles. The third-order valence-electron chi connectivity index (χ3n) is 6.37. The molecule has 0 radical (unpaired) electrons. The molecule has 30 heavy (non-hydrogen) atoms. The van der Waals surface area contributed by atoms with E-state index in [1.54, 1.807) is 17.7 Å². The predicted molar refractivity (Wildman–Crippen MR) is 124 cm³/mol. The molecule has 5 rings (SSSR count). The quantitative estimate of drug-likeness (QED) is 0.546. The summed E-state index contributed by atoms with van der Waals surface area (Å²) >= 11 is 1.76. The minimum atomic E-state index is 0.860. The highest BCUT2D eigenvalue weighted by molar-refractivity contribution is 7.26. The van der Waals surface area contributed by atoms with Gasteiger partial charge in [-0.15, -0.1) is 11.3 Å². The molecule has 0 atom stereocenters. The molecule has 0 unspecified atom stereocenters. The second-order valence-electron chi connectivity index (χ2n) is 8.39. The van der Waals surface area contributed by atoms with Crippen molar-refractivity contribution in [2.45, 2.75) is 51.9 Å². The first-order valence-corrected chi connectivity index (χ1v) is 12.3. The van der Waals surface area contributed by atoms with Crippen LogP contribution in [0.15, 0.2) is 6.33 Å². The molecule has 6 nitrogen and oxygen atoms in total. The van der Waals surface area contributed by atoms with Crippen LogP contribution in [0, 0.1) is 0 Å². The van der Waals surface area contributed by atoms with E-state index in [-0.39, 0.29) is 0 Å². The summed E-state index contributed by atoms with van der Waals surface area (Å²) in [7, 11) is 0. The van der Waals surface area contributed by atoms with E-state index >= 15 is 0 Å². The Kier molecular flexibility index (Phi) is 6.11. The van der Waals surface area contributed by atoms with Gasteiger partial charge in [0.15, 0.2) is 0 Å². The second kappa shape index (κ2) is 9.12. The zero-order valence-electron chi connectivity index (χ0n) is 17.9. The summed E-state index contributed by atoms with van der Waals surface area (Å²) < 4.78 is 6.60. The van der Waals surface area contributed by atoms with Crippen LogP contribution in [0.3, 0.4) is 0 Å². The molecular formula is C23H31N5OS. The number of fused-ring (bicyclic) bond motifs is 5. The molecule has 0 saturated carbocycles. The minimum Gasteiger partial charge on any atom is -0.379 e. The minimum absolute atomic E-state index is 0.860. The van der Waals surface area contributed by atoms with E-state index in [0.717, 1.165) is 79.5 Å². The Morgan fingerprint density at radius 1 is 1.13 bits per heavy atom. The fourth-order valence-corrected chi connectivity index (χ4v) is 5.93. The number of aryl methyl sites for hydroxylation is 2. The molecular weight excluding hydrogens is 394 g/mol. The average molecular weight is 426 g/mol. The van der Waals surface area contributed by atoms with Crippen molar-refractivity contribution in [3.05, 3.63) is 23.1 Å². The second-order valence-corrected chi connectivity index (χ2v) is 9.39. The molecule has 160 valence electrons. The normalized spacial score (nSPS) is 17.1.